The first-order valence-corrected chi connectivity index (χ1v) is 4.83. The zero-order valence-electron chi connectivity index (χ0n) is 7.81. The maximum absolute atomic E-state index is 12.9. The molecule has 1 atom stereocenters. The Bertz CT molecular complexity index is 309. The van der Waals surface area contributed by atoms with Gasteiger partial charge in [-0.25, -0.2) is 4.39 Å². The lowest BCUT2D eigenvalue weighted by molar-refractivity contribution is 0.549. The molecule has 0 radical (unpaired) electrons. The van der Waals surface area contributed by atoms with Gasteiger partial charge in [0.05, 0.1) is 0 Å². The number of hydrogen-bond donors (Lipinski definition) is 1. The average molecular weight is 179 g/mol. The molecule has 0 aromatic heterocycles. The maximum atomic E-state index is 12.9. The van der Waals surface area contributed by atoms with Crippen LogP contribution in [-0.4, -0.2) is 6.54 Å². The molecule has 2 heteroatoms. The Labute approximate surface area is 78.0 Å². The fourth-order valence-electron chi connectivity index (χ4n) is 2.04. The van der Waals surface area contributed by atoms with Crippen LogP contribution < -0.4 is 5.32 Å². The molecular weight excluding hydrogens is 165 g/mol. The van der Waals surface area contributed by atoms with Crippen molar-refractivity contribution in [3.8, 4) is 0 Å². The summed E-state index contributed by atoms with van der Waals surface area (Å²) >= 11 is 0. The van der Waals surface area contributed by atoms with Gasteiger partial charge in [0, 0.05) is 6.04 Å². The van der Waals surface area contributed by atoms with Gasteiger partial charge in [-0.05, 0) is 42.6 Å². The van der Waals surface area contributed by atoms with Crippen LogP contribution in [0.3, 0.4) is 0 Å². The molecule has 0 amide bonds. The van der Waals surface area contributed by atoms with Crippen molar-refractivity contribution in [2.75, 3.05) is 6.54 Å². The largest absolute Gasteiger partial charge is 0.310 e. The molecule has 0 fully saturated rings. The molecule has 1 aliphatic rings. The molecule has 70 valence electrons. The molecule has 0 saturated heterocycles. The zero-order valence-corrected chi connectivity index (χ0v) is 7.81. The number of halogens is 1. The molecule has 0 heterocycles. The molecule has 2 rings (SSSR count). The summed E-state index contributed by atoms with van der Waals surface area (Å²) in [7, 11) is 0. The molecule has 0 saturated carbocycles. The van der Waals surface area contributed by atoms with Gasteiger partial charge in [0.25, 0.3) is 0 Å². The van der Waals surface area contributed by atoms with E-state index in [9.17, 15) is 4.39 Å². The monoisotopic (exact) mass is 179 g/mol. The maximum Gasteiger partial charge on any atom is 0.123 e. The van der Waals surface area contributed by atoms with Gasteiger partial charge in [-0.1, -0.05) is 13.0 Å². The van der Waals surface area contributed by atoms with E-state index in [2.05, 4.69) is 12.2 Å². The summed E-state index contributed by atoms with van der Waals surface area (Å²) in [6.45, 7) is 3.07. The Morgan fingerprint density at radius 1 is 1.54 bits per heavy atom. The number of aryl methyl sites for hydroxylation is 1. The SMILES string of the molecule is CCNC1CCc2cc(F)ccc21. The van der Waals surface area contributed by atoms with E-state index in [1.54, 1.807) is 12.1 Å². The highest BCUT2D eigenvalue weighted by Crippen LogP contribution is 2.31. The van der Waals surface area contributed by atoms with Gasteiger partial charge in [-0.3, -0.25) is 0 Å². The second-order valence-electron chi connectivity index (χ2n) is 3.49. The van der Waals surface area contributed by atoms with Crippen LogP contribution in [0.2, 0.25) is 0 Å². The minimum atomic E-state index is -0.115. The highest BCUT2D eigenvalue weighted by atomic mass is 19.1. The number of rotatable bonds is 2. The third-order valence-corrected chi connectivity index (χ3v) is 2.63. The first kappa shape index (κ1) is 8.70. The Morgan fingerprint density at radius 2 is 2.38 bits per heavy atom. The molecular formula is C11H14FN. The highest BCUT2D eigenvalue weighted by Gasteiger charge is 2.21. The molecule has 1 aromatic carbocycles. The van der Waals surface area contributed by atoms with Crippen molar-refractivity contribution in [1.29, 1.82) is 0 Å². The van der Waals surface area contributed by atoms with Crippen LogP contribution >= 0.6 is 0 Å². The Balaban J connectivity index is 2.27. The first-order chi connectivity index (χ1) is 6.31. The lowest BCUT2D eigenvalue weighted by atomic mass is 10.1. The van der Waals surface area contributed by atoms with Gasteiger partial charge in [0.15, 0.2) is 0 Å². The fourth-order valence-corrected chi connectivity index (χ4v) is 2.04. The predicted octanol–water partition coefficient (Wildman–Crippen LogP) is 2.42. The van der Waals surface area contributed by atoms with Crippen LogP contribution in [0.1, 0.15) is 30.5 Å². The van der Waals surface area contributed by atoms with E-state index in [0.717, 1.165) is 19.4 Å². The molecule has 0 aliphatic heterocycles. The van der Waals surface area contributed by atoms with E-state index in [4.69, 9.17) is 0 Å². The fraction of sp³-hybridized carbons (Fsp3) is 0.455. The third-order valence-electron chi connectivity index (χ3n) is 2.63. The molecule has 13 heavy (non-hydrogen) atoms. The predicted molar refractivity (Wildman–Crippen MR) is 51.1 cm³/mol. The number of benzene rings is 1. The molecule has 0 spiro atoms. The van der Waals surface area contributed by atoms with E-state index in [1.165, 1.54) is 11.1 Å². The van der Waals surface area contributed by atoms with Crippen LogP contribution in [0.25, 0.3) is 0 Å². The number of nitrogens with one attached hydrogen (secondary N) is 1. The van der Waals surface area contributed by atoms with E-state index in [0.29, 0.717) is 6.04 Å². The van der Waals surface area contributed by atoms with Crippen molar-refractivity contribution >= 4 is 0 Å². The molecule has 1 nitrogen and oxygen atoms in total. The Morgan fingerprint density at radius 3 is 3.15 bits per heavy atom. The minimum Gasteiger partial charge on any atom is -0.310 e. The van der Waals surface area contributed by atoms with E-state index >= 15 is 0 Å². The lowest BCUT2D eigenvalue weighted by Crippen LogP contribution is -2.18. The Kier molecular flexibility index (Phi) is 2.32. The first-order valence-electron chi connectivity index (χ1n) is 4.83. The molecule has 1 unspecified atom stereocenters. The van der Waals surface area contributed by atoms with Crippen molar-refractivity contribution in [1.82, 2.24) is 5.32 Å². The molecule has 1 aliphatic carbocycles. The number of fused-ring (bicyclic) bond motifs is 1. The molecule has 1 N–H and O–H groups in total. The third kappa shape index (κ3) is 1.59. The van der Waals surface area contributed by atoms with Crippen molar-refractivity contribution in [3.63, 3.8) is 0 Å². The van der Waals surface area contributed by atoms with Gasteiger partial charge in [-0.2, -0.15) is 0 Å². The summed E-state index contributed by atoms with van der Waals surface area (Å²) in [5.74, 6) is -0.115. The summed E-state index contributed by atoms with van der Waals surface area (Å²) < 4.78 is 12.9. The standard InChI is InChI=1S/C11H14FN/c1-2-13-11-6-3-8-7-9(12)4-5-10(8)11/h4-5,7,11,13H,2-3,6H2,1H3. The van der Waals surface area contributed by atoms with Crippen LogP contribution in [-0.2, 0) is 6.42 Å². The van der Waals surface area contributed by atoms with Gasteiger partial charge < -0.3 is 5.32 Å². The summed E-state index contributed by atoms with van der Waals surface area (Å²) in [6.07, 6.45) is 2.11. The smallest absolute Gasteiger partial charge is 0.123 e. The van der Waals surface area contributed by atoms with E-state index in [1.807, 2.05) is 6.07 Å². The topological polar surface area (TPSA) is 12.0 Å². The molecule has 1 aromatic rings. The second kappa shape index (κ2) is 3.46. The molecule has 0 bridgehead atoms. The van der Waals surface area contributed by atoms with Crippen LogP contribution in [0.5, 0.6) is 0 Å². The quantitative estimate of drug-likeness (QED) is 0.735. The second-order valence-corrected chi connectivity index (χ2v) is 3.49. The average Bonchev–Trinajstić information content (AvgIpc) is 2.49. The van der Waals surface area contributed by atoms with Crippen LogP contribution in [0, 0.1) is 5.82 Å². The van der Waals surface area contributed by atoms with Crippen molar-refractivity contribution < 1.29 is 4.39 Å². The van der Waals surface area contributed by atoms with E-state index < -0.39 is 0 Å². The van der Waals surface area contributed by atoms with Crippen molar-refractivity contribution in [2.45, 2.75) is 25.8 Å². The summed E-state index contributed by atoms with van der Waals surface area (Å²) in [6, 6.07) is 5.56. The zero-order chi connectivity index (χ0) is 9.26. The van der Waals surface area contributed by atoms with Gasteiger partial charge in [0.1, 0.15) is 5.82 Å². The Hall–Kier alpha value is -0.890. The van der Waals surface area contributed by atoms with E-state index in [-0.39, 0.29) is 5.82 Å². The van der Waals surface area contributed by atoms with Crippen molar-refractivity contribution in [3.05, 3.63) is 35.1 Å². The number of hydrogen-bond acceptors (Lipinski definition) is 1. The minimum absolute atomic E-state index is 0.115. The van der Waals surface area contributed by atoms with Crippen LogP contribution in [0.15, 0.2) is 18.2 Å². The summed E-state index contributed by atoms with van der Waals surface area (Å²) in [4.78, 5) is 0. The summed E-state index contributed by atoms with van der Waals surface area (Å²) in [5, 5.41) is 3.40. The lowest BCUT2D eigenvalue weighted by Gasteiger charge is -2.11. The van der Waals surface area contributed by atoms with Crippen LogP contribution in [0.4, 0.5) is 4.39 Å². The van der Waals surface area contributed by atoms with Gasteiger partial charge >= 0.3 is 0 Å². The van der Waals surface area contributed by atoms with Gasteiger partial charge in [-0.15, -0.1) is 0 Å². The normalized spacial score (nSPS) is 20.3. The highest BCUT2D eigenvalue weighted by molar-refractivity contribution is 5.34. The van der Waals surface area contributed by atoms with Crippen molar-refractivity contribution in [2.24, 2.45) is 0 Å². The summed E-state index contributed by atoms with van der Waals surface area (Å²) in [5.41, 5.74) is 2.45. The van der Waals surface area contributed by atoms with Gasteiger partial charge in [0.2, 0.25) is 0 Å².